The highest BCUT2D eigenvalue weighted by molar-refractivity contribution is 6.15. The van der Waals surface area contributed by atoms with Gasteiger partial charge in [-0.2, -0.15) is 0 Å². The minimum Gasteiger partial charge on any atom is -0.0616 e. The monoisotopic (exact) mass is 394 g/mol. The minimum atomic E-state index is 1.25. The first-order chi connectivity index (χ1) is 15.3. The molecule has 0 nitrogen and oxygen atoms in total. The second-order valence-electron chi connectivity index (χ2n) is 8.20. The number of aryl methyl sites for hydroxylation is 1. The van der Waals surface area contributed by atoms with Crippen LogP contribution in [-0.2, 0) is 0 Å². The lowest BCUT2D eigenvalue weighted by atomic mass is 9.88. The Morgan fingerprint density at radius 3 is 1.52 bits per heavy atom. The molecule has 0 heteroatoms. The Bertz CT molecular complexity index is 1510. The van der Waals surface area contributed by atoms with Crippen molar-refractivity contribution in [3.05, 3.63) is 121 Å². The second-order valence-corrected chi connectivity index (χ2v) is 8.20. The number of hydrogen-bond acceptors (Lipinski definition) is 0. The first-order valence-corrected chi connectivity index (χ1v) is 10.8. The largest absolute Gasteiger partial charge is 0.0616 e. The number of fused-ring (bicyclic) bond motifs is 3. The van der Waals surface area contributed by atoms with Gasteiger partial charge >= 0.3 is 0 Å². The average molecular weight is 395 g/mol. The van der Waals surface area contributed by atoms with E-state index in [1.807, 2.05) is 0 Å². The van der Waals surface area contributed by atoms with Crippen molar-refractivity contribution in [2.75, 3.05) is 0 Å². The molecule has 0 aliphatic heterocycles. The third kappa shape index (κ3) is 2.84. The predicted molar refractivity (Wildman–Crippen MR) is 135 cm³/mol. The molecular weight excluding hydrogens is 372 g/mol. The molecule has 6 rings (SSSR count). The van der Waals surface area contributed by atoms with Crippen LogP contribution in [0.25, 0.3) is 54.6 Å². The molecule has 0 radical (unpaired) electrons. The van der Waals surface area contributed by atoms with Crippen molar-refractivity contribution in [3.63, 3.8) is 0 Å². The molecule has 0 aromatic heterocycles. The van der Waals surface area contributed by atoms with Crippen LogP contribution in [0.1, 0.15) is 5.56 Å². The van der Waals surface area contributed by atoms with Gasteiger partial charge < -0.3 is 0 Å². The summed E-state index contributed by atoms with van der Waals surface area (Å²) < 4.78 is 0. The molecule has 0 spiro atoms. The molecule has 0 atom stereocenters. The predicted octanol–water partition coefficient (Wildman–Crippen LogP) is 8.79. The molecule has 31 heavy (non-hydrogen) atoms. The smallest absolute Gasteiger partial charge is 0.00266 e. The number of hydrogen-bond donors (Lipinski definition) is 0. The maximum atomic E-state index is 2.28. The Hall–Kier alpha value is -3.90. The number of benzene rings is 6. The van der Waals surface area contributed by atoms with Gasteiger partial charge in [-0.25, -0.2) is 0 Å². The first kappa shape index (κ1) is 17.9. The molecule has 6 aromatic carbocycles. The van der Waals surface area contributed by atoms with E-state index < -0.39 is 0 Å². The highest BCUT2D eigenvalue weighted by Gasteiger charge is 2.13. The highest BCUT2D eigenvalue weighted by atomic mass is 14.2. The van der Waals surface area contributed by atoms with Crippen LogP contribution in [-0.4, -0.2) is 0 Å². The van der Waals surface area contributed by atoms with Gasteiger partial charge in [0.05, 0.1) is 0 Å². The van der Waals surface area contributed by atoms with E-state index in [2.05, 4.69) is 122 Å². The Kier molecular flexibility index (Phi) is 4.11. The maximum absolute atomic E-state index is 2.28. The van der Waals surface area contributed by atoms with Crippen LogP contribution in [0.5, 0.6) is 0 Å². The van der Waals surface area contributed by atoms with Crippen molar-refractivity contribution in [1.29, 1.82) is 0 Å². The van der Waals surface area contributed by atoms with Gasteiger partial charge in [0.2, 0.25) is 0 Å². The molecule has 6 aromatic rings. The van der Waals surface area contributed by atoms with E-state index in [-0.39, 0.29) is 0 Å². The van der Waals surface area contributed by atoms with E-state index in [9.17, 15) is 0 Å². The summed E-state index contributed by atoms with van der Waals surface area (Å²) in [6, 6.07) is 41.8. The van der Waals surface area contributed by atoms with E-state index in [0.29, 0.717) is 0 Å². The van der Waals surface area contributed by atoms with Crippen LogP contribution in [0.15, 0.2) is 115 Å². The van der Waals surface area contributed by atoms with Crippen molar-refractivity contribution >= 4 is 32.3 Å². The summed E-state index contributed by atoms with van der Waals surface area (Å²) in [7, 11) is 0. The Morgan fingerprint density at radius 2 is 0.871 bits per heavy atom. The molecule has 0 fully saturated rings. The lowest BCUT2D eigenvalue weighted by Crippen LogP contribution is -1.89. The van der Waals surface area contributed by atoms with Gasteiger partial charge in [0.15, 0.2) is 0 Å². The van der Waals surface area contributed by atoms with Crippen molar-refractivity contribution in [2.45, 2.75) is 6.92 Å². The van der Waals surface area contributed by atoms with Crippen LogP contribution in [0, 0.1) is 6.92 Å². The van der Waals surface area contributed by atoms with Gasteiger partial charge in [-0.3, -0.25) is 0 Å². The van der Waals surface area contributed by atoms with Gasteiger partial charge in [-0.1, -0.05) is 115 Å². The first-order valence-electron chi connectivity index (χ1n) is 10.8. The third-order valence-corrected chi connectivity index (χ3v) is 6.48. The molecule has 0 heterocycles. The molecule has 0 aliphatic carbocycles. The van der Waals surface area contributed by atoms with Crippen molar-refractivity contribution in [3.8, 4) is 22.3 Å². The summed E-state index contributed by atoms with van der Waals surface area (Å²) in [6.45, 7) is 2.23. The summed E-state index contributed by atoms with van der Waals surface area (Å²) >= 11 is 0. The summed E-state index contributed by atoms with van der Waals surface area (Å²) in [5.41, 5.74) is 6.46. The Balaban J connectivity index is 1.58. The van der Waals surface area contributed by atoms with Crippen molar-refractivity contribution in [1.82, 2.24) is 0 Å². The van der Waals surface area contributed by atoms with Crippen molar-refractivity contribution < 1.29 is 0 Å². The summed E-state index contributed by atoms with van der Waals surface area (Å²) in [5, 5.41) is 7.86. The van der Waals surface area contributed by atoms with Crippen LogP contribution in [0.4, 0.5) is 0 Å². The zero-order valence-electron chi connectivity index (χ0n) is 17.5. The Labute approximate surface area is 182 Å². The molecule has 0 bridgehead atoms. The van der Waals surface area contributed by atoms with Gasteiger partial charge in [-0.15, -0.1) is 0 Å². The number of rotatable bonds is 2. The zero-order valence-corrected chi connectivity index (χ0v) is 17.5. The quantitative estimate of drug-likeness (QED) is 0.257. The molecular formula is C31H22. The van der Waals surface area contributed by atoms with Gasteiger partial charge in [0.25, 0.3) is 0 Å². The normalized spacial score (nSPS) is 11.4. The minimum absolute atomic E-state index is 1.25. The van der Waals surface area contributed by atoms with E-state index in [0.717, 1.165) is 0 Å². The standard InChI is InChI=1S/C31H22/c1-21-25-11-4-6-14-29(25)31(30-15-7-5-12-26(21)30)24-19-17-23(18-20-24)28-16-8-10-22-9-2-3-13-27(22)28/h2-20H,1H3. The molecule has 146 valence electrons. The van der Waals surface area contributed by atoms with Crippen LogP contribution >= 0.6 is 0 Å². The molecule has 0 N–H and O–H groups in total. The average Bonchev–Trinajstić information content (AvgIpc) is 2.84. The van der Waals surface area contributed by atoms with Gasteiger partial charge in [0, 0.05) is 0 Å². The summed E-state index contributed by atoms with van der Waals surface area (Å²) in [6.07, 6.45) is 0. The fourth-order valence-electron chi connectivity index (χ4n) is 4.95. The van der Waals surface area contributed by atoms with Crippen molar-refractivity contribution in [2.24, 2.45) is 0 Å². The molecule has 0 aliphatic rings. The second kappa shape index (κ2) is 7.11. The van der Waals surface area contributed by atoms with E-state index in [1.165, 1.54) is 60.1 Å². The molecule has 0 saturated carbocycles. The topological polar surface area (TPSA) is 0 Å². The maximum Gasteiger partial charge on any atom is -0.00266 e. The summed E-state index contributed by atoms with van der Waals surface area (Å²) in [5.74, 6) is 0. The van der Waals surface area contributed by atoms with E-state index >= 15 is 0 Å². The third-order valence-electron chi connectivity index (χ3n) is 6.48. The fourth-order valence-corrected chi connectivity index (χ4v) is 4.95. The Morgan fingerprint density at radius 1 is 0.387 bits per heavy atom. The highest BCUT2D eigenvalue weighted by Crippen LogP contribution is 2.39. The van der Waals surface area contributed by atoms with E-state index in [1.54, 1.807) is 0 Å². The summed E-state index contributed by atoms with van der Waals surface area (Å²) in [4.78, 5) is 0. The van der Waals surface area contributed by atoms with E-state index in [4.69, 9.17) is 0 Å². The zero-order chi connectivity index (χ0) is 20.8. The van der Waals surface area contributed by atoms with Crippen LogP contribution in [0.3, 0.4) is 0 Å². The fraction of sp³-hybridized carbons (Fsp3) is 0.0323. The van der Waals surface area contributed by atoms with Gasteiger partial charge in [-0.05, 0) is 67.1 Å². The van der Waals surface area contributed by atoms with Crippen LogP contribution < -0.4 is 0 Å². The lowest BCUT2D eigenvalue weighted by molar-refractivity contribution is 1.57. The molecule has 0 amide bonds. The molecule has 0 saturated heterocycles. The van der Waals surface area contributed by atoms with Gasteiger partial charge in [0.1, 0.15) is 0 Å². The lowest BCUT2D eigenvalue weighted by Gasteiger charge is -2.15. The SMILES string of the molecule is Cc1c2ccccc2c(-c2ccc(-c3cccc4ccccc34)cc2)c2ccccc12. The van der Waals surface area contributed by atoms with Crippen LogP contribution in [0.2, 0.25) is 0 Å². The molecule has 0 unspecified atom stereocenters.